The highest BCUT2D eigenvalue weighted by atomic mass is 35.5. The number of hydrogen-bond acceptors (Lipinski definition) is 5. The van der Waals surface area contributed by atoms with E-state index in [1.54, 1.807) is 13.8 Å². The van der Waals surface area contributed by atoms with Crippen molar-refractivity contribution in [1.82, 2.24) is 10.1 Å². The largest absolute Gasteiger partial charge is 0.361 e. The monoisotopic (exact) mass is 206 g/mol. The Bertz CT molecular complexity index is 304. The van der Waals surface area contributed by atoms with E-state index in [9.17, 15) is 4.79 Å². The van der Waals surface area contributed by atoms with Crippen molar-refractivity contribution in [2.45, 2.75) is 19.4 Å². The predicted octanol–water partition coefficient (Wildman–Crippen LogP) is -0.216. The Labute approximate surface area is 81.1 Å². The zero-order valence-corrected chi connectivity index (χ0v) is 8.09. The van der Waals surface area contributed by atoms with Gasteiger partial charge in [0.2, 0.25) is 0 Å². The first-order chi connectivity index (χ1) is 5.41. The zero-order chi connectivity index (χ0) is 9.35. The van der Waals surface area contributed by atoms with E-state index in [4.69, 9.17) is 11.5 Å². The van der Waals surface area contributed by atoms with Gasteiger partial charge in [-0.3, -0.25) is 4.79 Å². The minimum Gasteiger partial charge on any atom is -0.361 e. The molecule has 1 aromatic rings. The molecule has 0 saturated heterocycles. The number of halogens is 1. The first kappa shape index (κ1) is 11.9. The molecule has 0 unspecified atom stereocenters. The van der Waals surface area contributed by atoms with Gasteiger partial charge in [-0.2, -0.15) is 4.98 Å². The normalized spacial score (nSPS) is 10.7. The predicted molar refractivity (Wildman–Crippen MR) is 47.3 cm³/mol. The van der Waals surface area contributed by atoms with Gasteiger partial charge in [-0.15, -0.1) is 12.4 Å². The molecule has 0 aliphatic heterocycles. The van der Waals surface area contributed by atoms with Crippen molar-refractivity contribution in [1.29, 1.82) is 0 Å². The molecule has 0 spiro atoms. The average Bonchev–Trinajstić information content (AvgIpc) is 2.30. The Morgan fingerprint density at radius 3 is 2.31 bits per heavy atom. The van der Waals surface area contributed by atoms with Crippen LogP contribution in [0, 0.1) is 0 Å². The molecule has 4 N–H and O–H groups in total. The molecular weight excluding hydrogens is 196 g/mol. The lowest BCUT2D eigenvalue weighted by molar-refractivity contribution is 0.0958. The molecule has 0 saturated carbocycles. The molecule has 1 amide bonds. The summed E-state index contributed by atoms with van der Waals surface area (Å²) < 4.78 is 4.54. The Morgan fingerprint density at radius 1 is 1.54 bits per heavy atom. The van der Waals surface area contributed by atoms with Gasteiger partial charge >= 0.3 is 11.8 Å². The van der Waals surface area contributed by atoms with E-state index in [-0.39, 0.29) is 24.1 Å². The molecule has 0 radical (unpaired) electrons. The molecule has 0 atom stereocenters. The average molecular weight is 207 g/mol. The fraction of sp³-hybridized carbons (Fsp3) is 0.500. The summed E-state index contributed by atoms with van der Waals surface area (Å²) in [4.78, 5) is 14.2. The van der Waals surface area contributed by atoms with Gasteiger partial charge < -0.3 is 16.0 Å². The Hall–Kier alpha value is -1.14. The van der Waals surface area contributed by atoms with Crippen LogP contribution < -0.4 is 11.5 Å². The summed E-state index contributed by atoms with van der Waals surface area (Å²) in [5.74, 6) is -0.710. The maximum absolute atomic E-state index is 10.5. The number of nitrogens with zero attached hydrogens (tertiary/aromatic N) is 2. The molecule has 1 aromatic heterocycles. The van der Waals surface area contributed by atoms with E-state index >= 15 is 0 Å². The summed E-state index contributed by atoms with van der Waals surface area (Å²) in [5, 5.41) is 3.50. The van der Waals surface area contributed by atoms with Crippen molar-refractivity contribution >= 4 is 18.3 Å². The second kappa shape index (κ2) is 3.71. The number of nitrogens with two attached hydrogens (primary N) is 2. The number of rotatable bonds is 2. The fourth-order valence-corrected chi connectivity index (χ4v) is 0.585. The van der Waals surface area contributed by atoms with Crippen molar-refractivity contribution in [2.24, 2.45) is 11.5 Å². The maximum atomic E-state index is 10.5. The summed E-state index contributed by atoms with van der Waals surface area (Å²) in [7, 11) is 0. The molecule has 0 fully saturated rings. The molecule has 7 heteroatoms. The van der Waals surface area contributed by atoms with Crippen molar-refractivity contribution in [3.8, 4) is 0 Å². The third-order valence-corrected chi connectivity index (χ3v) is 1.21. The topological polar surface area (TPSA) is 108 Å². The minimum atomic E-state index is -0.752. The molecular formula is C6H11ClN4O2. The number of carbonyl (C=O) groups excluding carboxylic acids is 1. The van der Waals surface area contributed by atoms with Crippen LogP contribution in [-0.4, -0.2) is 16.0 Å². The smallest absolute Gasteiger partial charge is 0.315 e. The number of carbonyl (C=O) groups is 1. The van der Waals surface area contributed by atoms with E-state index < -0.39 is 11.4 Å². The van der Waals surface area contributed by atoms with Crippen LogP contribution in [0.5, 0.6) is 0 Å². The molecule has 6 nitrogen and oxygen atoms in total. The van der Waals surface area contributed by atoms with Gasteiger partial charge in [-0.05, 0) is 13.8 Å². The van der Waals surface area contributed by atoms with E-state index in [0.717, 1.165) is 0 Å². The second-order valence-corrected chi connectivity index (χ2v) is 3.01. The Kier molecular flexibility index (Phi) is 3.39. The second-order valence-electron chi connectivity index (χ2n) is 3.01. The van der Waals surface area contributed by atoms with Crippen LogP contribution >= 0.6 is 12.4 Å². The summed E-state index contributed by atoms with van der Waals surface area (Å²) in [5.41, 5.74) is 9.80. The van der Waals surface area contributed by atoms with E-state index in [1.165, 1.54) is 0 Å². The van der Waals surface area contributed by atoms with Gasteiger partial charge in [0.1, 0.15) is 0 Å². The third-order valence-electron chi connectivity index (χ3n) is 1.21. The number of amides is 1. The van der Waals surface area contributed by atoms with Crippen molar-refractivity contribution < 1.29 is 9.32 Å². The highest BCUT2D eigenvalue weighted by Gasteiger charge is 2.22. The van der Waals surface area contributed by atoms with E-state index in [1.807, 2.05) is 0 Å². The SMILES string of the molecule is CC(C)(N)c1noc(C(N)=O)n1.Cl. The number of primary amides is 1. The van der Waals surface area contributed by atoms with Gasteiger partial charge in [0.05, 0.1) is 5.54 Å². The molecule has 0 aliphatic rings. The summed E-state index contributed by atoms with van der Waals surface area (Å²) in [6.07, 6.45) is 0. The minimum absolute atomic E-state index is 0. The summed E-state index contributed by atoms with van der Waals surface area (Å²) in [6.45, 7) is 3.39. The van der Waals surface area contributed by atoms with Crippen molar-refractivity contribution in [3.63, 3.8) is 0 Å². The zero-order valence-electron chi connectivity index (χ0n) is 7.27. The first-order valence-electron chi connectivity index (χ1n) is 3.34. The van der Waals surface area contributed by atoms with Crippen LogP contribution in [0.3, 0.4) is 0 Å². The van der Waals surface area contributed by atoms with Gasteiger partial charge in [0.25, 0.3) is 0 Å². The number of aromatic nitrogens is 2. The van der Waals surface area contributed by atoms with Gasteiger partial charge in [0, 0.05) is 0 Å². The lowest BCUT2D eigenvalue weighted by Gasteiger charge is -2.11. The van der Waals surface area contributed by atoms with Gasteiger partial charge in [-0.1, -0.05) is 5.16 Å². The third kappa shape index (κ3) is 2.67. The van der Waals surface area contributed by atoms with Crippen LogP contribution in [0.4, 0.5) is 0 Å². The summed E-state index contributed by atoms with van der Waals surface area (Å²) in [6, 6.07) is 0. The Morgan fingerprint density at radius 2 is 2.08 bits per heavy atom. The molecule has 0 aromatic carbocycles. The van der Waals surface area contributed by atoms with Crippen LogP contribution in [-0.2, 0) is 5.54 Å². The molecule has 0 bridgehead atoms. The molecule has 13 heavy (non-hydrogen) atoms. The Balaban J connectivity index is 0.00000144. The lowest BCUT2D eigenvalue weighted by Crippen LogP contribution is -2.30. The number of hydrogen-bond donors (Lipinski definition) is 2. The molecule has 74 valence electrons. The fourth-order valence-electron chi connectivity index (χ4n) is 0.585. The van der Waals surface area contributed by atoms with Crippen molar-refractivity contribution in [3.05, 3.63) is 11.7 Å². The van der Waals surface area contributed by atoms with Crippen LogP contribution in [0.2, 0.25) is 0 Å². The lowest BCUT2D eigenvalue weighted by atomic mass is 10.1. The molecule has 1 heterocycles. The molecule has 1 rings (SSSR count). The van der Waals surface area contributed by atoms with Crippen LogP contribution in [0.1, 0.15) is 30.4 Å². The van der Waals surface area contributed by atoms with Gasteiger partial charge in [0.15, 0.2) is 5.82 Å². The van der Waals surface area contributed by atoms with Gasteiger partial charge in [-0.25, -0.2) is 0 Å². The van der Waals surface area contributed by atoms with Crippen molar-refractivity contribution in [2.75, 3.05) is 0 Å². The molecule has 0 aliphatic carbocycles. The van der Waals surface area contributed by atoms with Crippen LogP contribution in [0.25, 0.3) is 0 Å². The van der Waals surface area contributed by atoms with Crippen LogP contribution in [0.15, 0.2) is 4.52 Å². The first-order valence-corrected chi connectivity index (χ1v) is 3.34. The summed E-state index contributed by atoms with van der Waals surface area (Å²) >= 11 is 0. The highest BCUT2D eigenvalue weighted by molar-refractivity contribution is 5.87. The van der Waals surface area contributed by atoms with E-state index in [2.05, 4.69) is 14.7 Å². The quantitative estimate of drug-likeness (QED) is 0.696. The standard InChI is InChI=1S/C6H10N4O2.ClH/c1-6(2,8)5-9-4(3(7)11)12-10-5;/h8H2,1-2H3,(H2,7,11);1H. The maximum Gasteiger partial charge on any atom is 0.315 e. The van der Waals surface area contributed by atoms with E-state index in [0.29, 0.717) is 0 Å². The highest BCUT2D eigenvalue weighted by Crippen LogP contribution is 2.11.